The van der Waals surface area contributed by atoms with Crippen molar-refractivity contribution in [2.24, 2.45) is 0 Å². The molecule has 4 nitrogen and oxygen atoms in total. The topological polar surface area (TPSA) is 51.0 Å². The number of benzene rings is 1. The van der Waals surface area contributed by atoms with Gasteiger partial charge in [0.2, 0.25) is 0 Å². The van der Waals surface area contributed by atoms with Crippen molar-refractivity contribution in [2.75, 3.05) is 5.32 Å². The van der Waals surface area contributed by atoms with E-state index in [-0.39, 0.29) is 0 Å². The summed E-state index contributed by atoms with van der Waals surface area (Å²) in [7, 11) is 0. The first-order valence-electron chi connectivity index (χ1n) is 5.77. The monoisotopic (exact) mass is 281 g/mol. The Hall–Kier alpha value is -1.20. The van der Waals surface area contributed by atoms with Gasteiger partial charge in [0.05, 0.1) is 5.75 Å². The lowest BCUT2D eigenvalue weighted by molar-refractivity contribution is 0.424. The molecule has 0 amide bonds. The lowest BCUT2D eigenvalue weighted by Gasteiger charge is -1.97. The quantitative estimate of drug-likeness (QED) is 0.849. The van der Waals surface area contributed by atoms with Crippen LogP contribution in [0.15, 0.2) is 33.7 Å². The molecule has 6 heteroatoms. The van der Waals surface area contributed by atoms with Gasteiger partial charge in [-0.25, -0.2) is 0 Å². The van der Waals surface area contributed by atoms with Crippen molar-refractivity contribution in [2.45, 2.75) is 29.5 Å². The minimum Gasteiger partial charge on any atom is -0.335 e. The standard InChI is InChI=1S/C12H12ClN3OS/c13-8-1-5-10(6-2-8)18-7-11-15-12(17-16-11)14-9-3-4-9/h1-2,5-6,9H,3-4,7H2,(H,14,15,16). The highest BCUT2D eigenvalue weighted by molar-refractivity contribution is 7.98. The maximum absolute atomic E-state index is 5.83. The minimum absolute atomic E-state index is 0.530. The van der Waals surface area contributed by atoms with E-state index in [1.807, 2.05) is 24.3 Å². The molecule has 1 aromatic heterocycles. The molecule has 0 bridgehead atoms. The normalized spacial score (nSPS) is 14.7. The molecule has 1 saturated carbocycles. The zero-order valence-electron chi connectivity index (χ0n) is 9.60. The highest BCUT2D eigenvalue weighted by Gasteiger charge is 2.23. The van der Waals surface area contributed by atoms with Crippen molar-refractivity contribution in [3.05, 3.63) is 35.1 Å². The van der Waals surface area contributed by atoms with Gasteiger partial charge in [0.25, 0.3) is 0 Å². The van der Waals surface area contributed by atoms with E-state index < -0.39 is 0 Å². The Balaban J connectivity index is 1.55. The smallest absolute Gasteiger partial charge is 0.321 e. The third kappa shape index (κ3) is 3.17. The molecule has 3 rings (SSSR count). The van der Waals surface area contributed by atoms with Crippen molar-refractivity contribution in [1.29, 1.82) is 0 Å². The van der Waals surface area contributed by atoms with Crippen LogP contribution in [0.1, 0.15) is 18.7 Å². The van der Waals surface area contributed by atoms with Crippen LogP contribution >= 0.6 is 23.4 Å². The van der Waals surface area contributed by atoms with Crippen molar-refractivity contribution in [1.82, 2.24) is 10.1 Å². The zero-order chi connectivity index (χ0) is 12.4. The number of rotatable bonds is 5. The van der Waals surface area contributed by atoms with Crippen molar-refractivity contribution in [3.63, 3.8) is 0 Å². The Bertz CT molecular complexity index is 524. The summed E-state index contributed by atoms with van der Waals surface area (Å²) < 4.78 is 5.12. The highest BCUT2D eigenvalue weighted by atomic mass is 35.5. The Labute approximate surface area is 114 Å². The molecule has 0 atom stereocenters. The van der Waals surface area contributed by atoms with Gasteiger partial charge in [-0.1, -0.05) is 16.8 Å². The molecular formula is C12H12ClN3OS. The van der Waals surface area contributed by atoms with E-state index in [0.29, 0.717) is 23.6 Å². The van der Waals surface area contributed by atoms with Crippen LogP contribution in [0.2, 0.25) is 5.02 Å². The number of anilines is 1. The summed E-state index contributed by atoms with van der Waals surface area (Å²) in [5.74, 6) is 1.40. The van der Waals surface area contributed by atoms with Gasteiger partial charge in [-0.2, -0.15) is 4.98 Å². The predicted octanol–water partition coefficient (Wildman–Crippen LogP) is 3.59. The molecule has 94 valence electrons. The van der Waals surface area contributed by atoms with Crippen LogP contribution < -0.4 is 5.32 Å². The lowest BCUT2D eigenvalue weighted by atomic mass is 10.4. The predicted molar refractivity (Wildman–Crippen MR) is 72.0 cm³/mol. The maximum atomic E-state index is 5.83. The molecule has 1 aliphatic rings. The summed E-state index contributed by atoms with van der Waals surface area (Å²) in [6, 6.07) is 8.78. The van der Waals surface area contributed by atoms with Crippen molar-refractivity contribution >= 4 is 29.4 Å². The van der Waals surface area contributed by atoms with Gasteiger partial charge in [0, 0.05) is 16.0 Å². The number of halogens is 1. The number of hydrogen-bond donors (Lipinski definition) is 1. The van der Waals surface area contributed by atoms with Gasteiger partial charge >= 0.3 is 6.01 Å². The van der Waals surface area contributed by atoms with E-state index in [1.165, 1.54) is 12.8 Å². The second-order valence-corrected chi connectivity index (χ2v) is 5.66. The summed E-state index contributed by atoms with van der Waals surface area (Å²) in [5, 5.41) is 7.85. The van der Waals surface area contributed by atoms with Gasteiger partial charge in [-0.3, -0.25) is 0 Å². The number of nitrogens with one attached hydrogen (secondary N) is 1. The first kappa shape index (κ1) is 11.9. The molecule has 1 fully saturated rings. The maximum Gasteiger partial charge on any atom is 0.321 e. The summed E-state index contributed by atoms with van der Waals surface area (Å²) in [4.78, 5) is 5.43. The fourth-order valence-electron chi connectivity index (χ4n) is 1.45. The van der Waals surface area contributed by atoms with Crippen LogP contribution in [0.4, 0.5) is 6.01 Å². The van der Waals surface area contributed by atoms with E-state index in [2.05, 4.69) is 15.5 Å². The molecule has 2 aromatic rings. The van der Waals surface area contributed by atoms with Crippen LogP contribution in [0.3, 0.4) is 0 Å². The van der Waals surface area contributed by atoms with Crippen LogP contribution in [0.5, 0.6) is 0 Å². The average Bonchev–Trinajstić information content (AvgIpc) is 3.07. The summed E-state index contributed by atoms with van der Waals surface area (Å²) >= 11 is 7.49. The van der Waals surface area contributed by atoms with Crippen molar-refractivity contribution < 1.29 is 4.52 Å². The van der Waals surface area contributed by atoms with E-state index in [1.54, 1.807) is 11.8 Å². The fraction of sp³-hybridized carbons (Fsp3) is 0.333. The van der Waals surface area contributed by atoms with E-state index in [0.717, 1.165) is 9.92 Å². The Kier molecular flexibility index (Phi) is 3.43. The highest BCUT2D eigenvalue weighted by Crippen LogP contribution is 2.26. The molecular weight excluding hydrogens is 270 g/mol. The second kappa shape index (κ2) is 5.20. The van der Waals surface area contributed by atoms with Gasteiger partial charge in [-0.15, -0.1) is 11.8 Å². The van der Waals surface area contributed by atoms with E-state index >= 15 is 0 Å². The Morgan fingerprint density at radius 1 is 1.33 bits per heavy atom. The first-order chi connectivity index (χ1) is 8.79. The third-order valence-electron chi connectivity index (χ3n) is 2.55. The van der Waals surface area contributed by atoms with Gasteiger partial charge in [-0.05, 0) is 37.1 Å². The van der Waals surface area contributed by atoms with E-state index in [4.69, 9.17) is 16.1 Å². The largest absolute Gasteiger partial charge is 0.335 e. The molecule has 18 heavy (non-hydrogen) atoms. The number of hydrogen-bond acceptors (Lipinski definition) is 5. The number of nitrogens with zero attached hydrogens (tertiary/aromatic N) is 2. The Morgan fingerprint density at radius 3 is 2.83 bits per heavy atom. The molecule has 0 radical (unpaired) electrons. The van der Waals surface area contributed by atoms with Gasteiger partial charge < -0.3 is 9.84 Å². The third-order valence-corrected chi connectivity index (χ3v) is 3.81. The molecule has 0 aliphatic heterocycles. The average molecular weight is 282 g/mol. The number of aromatic nitrogens is 2. The molecule has 0 spiro atoms. The number of thioether (sulfide) groups is 1. The van der Waals surface area contributed by atoms with Crippen LogP contribution in [0.25, 0.3) is 0 Å². The van der Waals surface area contributed by atoms with Crippen LogP contribution in [0, 0.1) is 0 Å². The molecule has 0 unspecified atom stereocenters. The fourth-order valence-corrected chi connectivity index (χ4v) is 2.32. The molecule has 0 saturated heterocycles. The lowest BCUT2D eigenvalue weighted by Crippen LogP contribution is -2.00. The molecule has 1 N–H and O–H groups in total. The minimum atomic E-state index is 0.530. The SMILES string of the molecule is Clc1ccc(SCc2noc(NC3CC3)n2)cc1. The molecule has 1 aliphatic carbocycles. The molecule has 1 aromatic carbocycles. The first-order valence-corrected chi connectivity index (χ1v) is 7.13. The molecule has 1 heterocycles. The second-order valence-electron chi connectivity index (χ2n) is 4.18. The summed E-state index contributed by atoms with van der Waals surface area (Å²) in [5.41, 5.74) is 0. The van der Waals surface area contributed by atoms with Crippen molar-refractivity contribution in [3.8, 4) is 0 Å². The van der Waals surface area contributed by atoms with Gasteiger partial charge in [0.1, 0.15) is 0 Å². The van der Waals surface area contributed by atoms with Gasteiger partial charge in [0.15, 0.2) is 5.82 Å². The van der Waals surface area contributed by atoms with Crippen LogP contribution in [-0.2, 0) is 5.75 Å². The zero-order valence-corrected chi connectivity index (χ0v) is 11.2. The summed E-state index contributed by atoms with van der Waals surface area (Å²) in [6.45, 7) is 0. The van der Waals surface area contributed by atoms with Crippen LogP contribution in [-0.4, -0.2) is 16.2 Å². The Morgan fingerprint density at radius 2 is 2.11 bits per heavy atom. The summed E-state index contributed by atoms with van der Waals surface area (Å²) in [6.07, 6.45) is 2.38. The van der Waals surface area contributed by atoms with E-state index in [9.17, 15) is 0 Å².